The lowest BCUT2D eigenvalue weighted by molar-refractivity contribution is 0.102. The maximum absolute atomic E-state index is 12.3. The SMILES string of the molecule is COc1ccc(NC(=O)c2cnc(NCC3CCCO3)nc2)cc1OC. The molecule has 2 heterocycles. The molecule has 1 unspecified atom stereocenters. The van der Waals surface area contributed by atoms with Crippen molar-refractivity contribution in [2.75, 3.05) is 38.0 Å². The van der Waals surface area contributed by atoms with Crippen molar-refractivity contribution in [3.63, 3.8) is 0 Å². The largest absolute Gasteiger partial charge is 0.493 e. The lowest BCUT2D eigenvalue weighted by Gasteiger charge is -2.11. The fourth-order valence-corrected chi connectivity index (χ4v) is 2.66. The Morgan fingerprint density at radius 1 is 1.23 bits per heavy atom. The molecule has 138 valence electrons. The van der Waals surface area contributed by atoms with Crippen LogP contribution in [0.25, 0.3) is 0 Å². The smallest absolute Gasteiger partial charge is 0.258 e. The van der Waals surface area contributed by atoms with Crippen LogP contribution in [0.15, 0.2) is 30.6 Å². The second kappa shape index (κ2) is 8.48. The van der Waals surface area contributed by atoms with E-state index in [-0.39, 0.29) is 12.0 Å². The van der Waals surface area contributed by atoms with E-state index in [0.717, 1.165) is 19.4 Å². The van der Waals surface area contributed by atoms with Crippen LogP contribution in [0.5, 0.6) is 11.5 Å². The van der Waals surface area contributed by atoms with Crippen molar-refractivity contribution in [1.82, 2.24) is 9.97 Å². The first-order valence-corrected chi connectivity index (χ1v) is 8.40. The summed E-state index contributed by atoms with van der Waals surface area (Å²) in [5, 5.41) is 5.91. The zero-order valence-corrected chi connectivity index (χ0v) is 14.8. The number of rotatable bonds is 7. The molecule has 0 bridgehead atoms. The summed E-state index contributed by atoms with van der Waals surface area (Å²) >= 11 is 0. The summed E-state index contributed by atoms with van der Waals surface area (Å²) in [6.45, 7) is 1.47. The number of anilines is 2. The number of amides is 1. The van der Waals surface area contributed by atoms with Gasteiger partial charge < -0.3 is 24.8 Å². The van der Waals surface area contributed by atoms with Crippen LogP contribution in [-0.2, 0) is 4.74 Å². The summed E-state index contributed by atoms with van der Waals surface area (Å²) in [6, 6.07) is 5.15. The minimum atomic E-state index is -0.303. The number of methoxy groups -OCH3 is 2. The molecule has 0 saturated carbocycles. The fourth-order valence-electron chi connectivity index (χ4n) is 2.66. The predicted molar refractivity (Wildman–Crippen MR) is 97.0 cm³/mol. The van der Waals surface area contributed by atoms with Gasteiger partial charge in [0.05, 0.1) is 25.9 Å². The molecular formula is C18H22N4O4. The van der Waals surface area contributed by atoms with Crippen LogP contribution in [-0.4, -0.2) is 49.4 Å². The number of nitrogens with one attached hydrogen (secondary N) is 2. The topological polar surface area (TPSA) is 94.6 Å². The molecule has 2 N–H and O–H groups in total. The molecule has 1 aliphatic heterocycles. The van der Waals surface area contributed by atoms with E-state index in [4.69, 9.17) is 14.2 Å². The summed E-state index contributed by atoms with van der Waals surface area (Å²) in [5.41, 5.74) is 0.954. The average molecular weight is 358 g/mol. The van der Waals surface area contributed by atoms with E-state index in [1.807, 2.05) is 0 Å². The molecule has 3 rings (SSSR count). The molecule has 1 atom stereocenters. The number of carbonyl (C=O) groups excluding carboxylic acids is 1. The Labute approximate surface area is 151 Å². The number of carbonyl (C=O) groups is 1. The van der Waals surface area contributed by atoms with E-state index in [1.54, 1.807) is 32.4 Å². The Morgan fingerprint density at radius 2 is 2.00 bits per heavy atom. The second-order valence-corrected chi connectivity index (χ2v) is 5.84. The van der Waals surface area contributed by atoms with Crippen LogP contribution in [0, 0.1) is 0 Å². The van der Waals surface area contributed by atoms with Crippen LogP contribution in [0.3, 0.4) is 0 Å². The molecular weight excluding hydrogens is 336 g/mol. The van der Waals surface area contributed by atoms with Crippen molar-refractivity contribution >= 4 is 17.5 Å². The second-order valence-electron chi connectivity index (χ2n) is 5.84. The number of aromatic nitrogens is 2. The summed E-state index contributed by atoms with van der Waals surface area (Å²) in [6.07, 6.45) is 5.30. The summed E-state index contributed by atoms with van der Waals surface area (Å²) in [7, 11) is 3.10. The van der Waals surface area contributed by atoms with Gasteiger partial charge in [-0.2, -0.15) is 0 Å². The molecule has 1 aliphatic rings. The molecule has 1 aromatic carbocycles. The van der Waals surface area contributed by atoms with Gasteiger partial charge in [-0.1, -0.05) is 0 Å². The summed E-state index contributed by atoms with van der Waals surface area (Å²) in [5.74, 6) is 1.30. The Morgan fingerprint density at radius 3 is 2.65 bits per heavy atom. The lowest BCUT2D eigenvalue weighted by atomic mass is 10.2. The quantitative estimate of drug-likeness (QED) is 0.784. The van der Waals surface area contributed by atoms with Gasteiger partial charge in [-0.15, -0.1) is 0 Å². The van der Waals surface area contributed by atoms with Crippen molar-refractivity contribution in [3.8, 4) is 11.5 Å². The van der Waals surface area contributed by atoms with Gasteiger partial charge in [0.15, 0.2) is 11.5 Å². The summed E-state index contributed by atoms with van der Waals surface area (Å²) < 4.78 is 15.9. The fraction of sp³-hybridized carbons (Fsp3) is 0.389. The molecule has 0 radical (unpaired) electrons. The number of hydrogen-bond acceptors (Lipinski definition) is 7. The van der Waals surface area contributed by atoms with Crippen LogP contribution in [0.1, 0.15) is 23.2 Å². The van der Waals surface area contributed by atoms with Crippen molar-refractivity contribution in [3.05, 3.63) is 36.2 Å². The maximum Gasteiger partial charge on any atom is 0.258 e. The number of benzene rings is 1. The molecule has 8 nitrogen and oxygen atoms in total. The van der Waals surface area contributed by atoms with Crippen molar-refractivity contribution in [2.24, 2.45) is 0 Å². The van der Waals surface area contributed by atoms with Gasteiger partial charge in [0.1, 0.15) is 0 Å². The first kappa shape index (κ1) is 17.9. The maximum atomic E-state index is 12.3. The van der Waals surface area contributed by atoms with Gasteiger partial charge >= 0.3 is 0 Å². The minimum absolute atomic E-state index is 0.201. The first-order valence-electron chi connectivity index (χ1n) is 8.40. The molecule has 0 aliphatic carbocycles. The van der Waals surface area contributed by atoms with Crippen molar-refractivity contribution in [1.29, 1.82) is 0 Å². The molecule has 2 aromatic rings. The normalized spacial score (nSPS) is 16.2. The zero-order valence-electron chi connectivity index (χ0n) is 14.8. The standard InChI is InChI=1S/C18H22N4O4/c1-24-15-6-5-13(8-16(15)25-2)22-17(23)12-9-19-18(20-10-12)21-11-14-4-3-7-26-14/h5-6,8-10,14H,3-4,7,11H2,1-2H3,(H,22,23)(H,19,20,21). The van der Waals surface area contributed by atoms with Gasteiger partial charge in [-0.25, -0.2) is 9.97 Å². The zero-order chi connectivity index (χ0) is 18.4. The average Bonchev–Trinajstić information content (AvgIpc) is 3.20. The molecule has 8 heteroatoms. The van der Waals surface area contributed by atoms with Gasteiger partial charge in [0.2, 0.25) is 5.95 Å². The minimum Gasteiger partial charge on any atom is -0.493 e. The highest BCUT2D eigenvalue weighted by Crippen LogP contribution is 2.29. The van der Waals surface area contributed by atoms with Gasteiger partial charge in [-0.3, -0.25) is 4.79 Å². The number of nitrogens with zero attached hydrogens (tertiary/aromatic N) is 2. The van der Waals surface area contributed by atoms with E-state index in [0.29, 0.717) is 35.2 Å². The summed E-state index contributed by atoms with van der Waals surface area (Å²) in [4.78, 5) is 20.7. The third kappa shape index (κ3) is 4.40. The Hall–Kier alpha value is -2.87. The Balaban J connectivity index is 1.59. The van der Waals surface area contributed by atoms with Crippen LogP contribution in [0.4, 0.5) is 11.6 Å². The molecule has 26 heavy (non-hydrogen) atoms. The van der Waals surface area contributed by atoms with E-state index >= 15 is 0 Å². The molecule has 0 spiro atoms. The number of ether oxygens (including phenoxy) is 3. The highest BCUT2D eigenvalue weighted by Gasteiger charge is 2.15. The Kier molecular flexibility index (Phi) is 5.85. The van der Waals surface area contributed by atoms with Crippen molar-refractivity contribution in [2.45, 2.75) is 18.9 Å². The molecule has 1 fully saturated rings. The predicted octanol–water partition coefficient (Wildman–Crippen LogP) is 2.34. The van der Waals surface area contributed by atoms with Crippen molar-refractivity contribution < 1.29 is 19.0 Å². The Bertz CT molecular complexity index is 745. The van der Waals surface area contributed by atoms with E-state index in [9.17, 15) is 4.79 Å². The van der Waals surface area contributed by atoms with E-state index in [1.165, 1.54) is 12.4 Å². The molecule has 1 amide bonds. The van der Waals surface area contributed by atoms with Crippen LogP contribution in [0.2, 0.25) is 0 Å². The highest BCUT2D eigenvalue weighted by atomic mass is 16.5. The van der Waals surface area contributed by atoms with E-state index in [2.05, 4.69) is 20.6 Å². The van der Waals surface area contributed by atoms with Gasteiger partial charge in [0, 0.05) is 37.3 Å². The monoisotopic (exact) mass is 358 g/mol. The van der Waals surface area contributed by atoms with Crippen LogP contribution < -0.4 is 20.1 Å². The number of hydrogen-bond donors (Lipinski definition) is 2. The third-order valence-corrected chi connectivity index (χ3v) is 4.07. The van der Waals surface area contributed by atoms with Crippen LogP contribution >= 0.6 is 0 Å². The van der Waals surface area contributed by atoms with Gasteiger partial charge in [-0.05, 0) is 25.0 Å². The van der Waals surface area contributed by atoms with Gasteiger partial charge in [0.25, 0.3) is 5.91 Å². The highest BCUT2D eigenvalue weighted by molar-refractivity contribution is 6.04. The lowest BCUT2D eigenvalue weighted by Crippen LogP contribution is -2.20. The molecule has 1 saturated heterocycles. The molecule has 1 aromatic heterocycles. The first-order chi connectivity index (χ1) is 12.7. The van der Waals surface area contributed by atoms with E-state index < -0.39 is 0 Å². The third-order valence-electron chi connectivity index (χ3n) is 4.07.